The molecule has 0 amide bonds. The van der Waals surface area contributed by atoms with Crippen molar-refractivity contribution in [2.75, 3.05) is 5.73 Å². The van der Waals surface area contributed by atoms with Gasteiger partial charge in [-0.15, -0.1) is 0 Å². The lowest BCUT2D eigenvalue weighted by atomic mass is 10.0. The summed E-state index contributed by atoms with van der Waals surface area (Å²) in [4.78, 5) is 4.77. The number of imidazole rings is 1. The van der Waals surface area contributed by atoms with Gasteiger partial charge >= 0.3 is 0 Å². The molecule has 1 aromatic rings. The zero-order chi connectivity index (χ0) is 11.5. The zero-order valence-corrected chi connectivity index (χ0v) is 10.5. The van der Waals surface area contributed by atoms with Crippen molar-refractivity contribution in [3.8, 4) is 0 Å². The number of rotatable bonds is 4. The van der Waals surface area contributed by atoms with E-state index in [-0.39, 0.29) is 0 Å². The average Bonchev–Trinajstić information content (AvgIpc) is 2.89. The van der Waals surface area contributed by atoms with Gasteiger partial charge in [-0.25, -0.2) is 4.98 Å². The molecule has 0 radical (unpaired) electrons. The Kier molecular flexibility index (Phi) is 3.52. The van der Waals surface area contributed by atoms with E-state index in [2.05, 4.69) is 18.4 Å². The molecule has 0 unspecified atom stereocenters. The molecule has 0 bridgehead atoms. The van der Waals surface area contributed by atoms with Gasteiger partial charge in [-0.2, -0.15) is 0 Å². The first-order chi connectivity index (χ1) is 7.77. The quantitative estimate of drug-likeness (QED) is 0.849. The average molecular weight is 221 g/mol. The highest BCUT2D eigenvalue weighted by atomic mass is 15.1. The van der Waals surface area contributed by atoms with Crippen LogP contribution in [0, 0.1) is 0 Å². The van der Waals surface area contributed by atoms with Crippen LogP contribution in [0.5, 0.6) is 0 Å². The maximum Gasteiger partial charge on any atom is 0.127 e. The Balaban J connectivity index is 2.31. The molecule has 0 spiro atoms. The van der Waals surface area contributed by atoms with Crippen molar-refractivity contribution in [1.82, 2.24) is 9.55 Å². The highest BCUT2D eigenvalue weighted by Gasteiger charge is 2.24. The molecular weight excluding hydrogens is 198 g/mol. The first-order valence-electron chi connectivity index (χ1n) is 6.62. The van der Waals surface area contributed by atoms with E-state index in [0.29, 0.717) is 5.92 Å². The molecule has 1 saturated carbocycles. The summed E-state index contributed by atoms with van der Waals surface area (Å²) in [7, 11) is 0. The van der Waals surface area contributed by atoms with Crippen LogP contribution in [-0.2, 0) is 13.0 Å². The van der Waals surface area contributed by atoms with E-state index >= 15 is 0 Å². The van der Waals surface area contributed by atoms with Crippen LogP contribution in [0.1, 0.15) is 63.4 Å². The van der Waals surface area contributed by atoms with E-state index in [0.717, 1.165) is 25.2 Å². The third-order valence-corrected chi connectivity index (χ3v) is 3.62. The second-order valence-corrected chi connectivity index (χ2v) is 4.79. The molecule has 2 N–H and O–H groups in total. The van der Waals surface area contributed by atoms with Gasteiger partial charge in [-0.3, -0.25) is 0 Å². The Labute approximate surface area is 98.1 Å². The second-order valence-electron chi connectivity index (χ2n) is 4.79. The third kappa shape index (κ3) is 1.95. The fourth-order valence-electron chi connectivity index (χ4n) is 2.78. The van der Waals surface area contributed by atoms with Crippen LogP contribution in [-0.4, -0.2) is 9.55 Å². The highest BCUT2D eigenvalue weighted by molar-refractivity contribution is 5.41. The molecule has 0 atom stereocenters. The predicted molar refractivity (Wildman–Crippen MR) is 67.5 cm³/mol. The molecule has 90 valence electrons. The molecule has 0 aromatic carbocycles. The third-order valence-electron chi connectivity index (χ3n) is 3.62. The molecule has 1 heterocycles. The van der Waals surface area contributed by atoms with Gasteiger partial charge in [-0.05, 0) is 19.3 Å². The lowest BCUT2D eigenvalue weighted by molar-refractivity contribution is 0.650. The molecule has 2 rings (SSSR count). The molecule has 0 aliphatic heterocycles. The predicted octanol–water partition coefficient (Wildman–Crippen LogP) is 3.10. The summed E-state index contributed by atoms with van der Waals surface area (Å²) in [5, 5.41) is 0. The van der Waals surface area contributed by atoms with Gasteiger partial charge in [0.15, 0.2) is 0 Å². The highest BCUT2D eigenvalue weighted by Crippen LogP contribution is 2.36. The van der Waals surface area contributed by atoms with E-state index in [1.165, 1.54) is 37.2 Å². The van der Waals surface area contributed by atoms with Crippen molar-refractivity contribution in [3.05, 3.63) is 11.5 Å². The Morgan fingerprint density at radius 2 is 2.00 bits per heavy atom. The summed E-state index contributed by atoms with van der Waals surface area (Å²) in [6, 6.07) is 0. The Morgan fingerprint density at radius 3 is 2.56 bits per heavy atom. The van der Waals surface area contributed by atoms with Crippen molar-refractivity contribution >= 4 is 5.82 Å². The van der Waals surface area contributed by atoms with Crippen LogP contribution in [0.15, 0.2) is 0 Å². The van der Waals surface area contributed by atoms with E-state index in [1.54, 1.807) is 0 Å². The Bertz CT molecular complexity index is 348. The van der Waals surface area contributed by atoms with Crippen LogP contribution < -0.4 is 5.73 Å². The minimum atomic E-state index is 0.628. The Morgan fingerprint density at radius 1 is 1.31 bits per heavy atom. The molecule has 0 saturated heterocycles. The summed E-state index contributed by atoms with van der Waals surface area (Å²) in [5.41, 5.74) is 7.43. The summed E-state index contributed by atoms with van der Waals surface area (Å²) in [5.74, 6) is 2.73. The summed E-state index contributed by atoms with van der Waals surface area (Å²) in [6.45, 7) is 5.36. The number of nitrogen functional groups attached to an aromatic ring is 1. The first-order valence-corrected chi connectivity index (χ1v) is 6.62. The van der Waals surface area contributed by atoms with Crippen LogP contribution in [0.3, 0.4) is 0 Å². The number of hydrogen-bond donors (Lipinski definition) is 1. The summed E-state index contributed by atoms with van der Waals surface area (Å²) in [6.07, 6.45) is 7.33. The normalized spacial score (nSPS) is 17.1. The van der Waals surface area contributed by atoms with Gasteiger partial charge in [0.2, 0.25) is 0 Å². The van der Waals surface area contributed by atoms with Crippen LogP contribution in [0.25, 0.3) is 0 Å². The molecule has 3 heteroatoms. The SMILES string of the molecule is CCCn1c(CC)nc(C2CCCC2)c1N. The molecule has 1 aliphatic rings. The largest absolute Gasteiger partial charge is 0.384 e. The number of aromatic nitrogens is 2. The van der Waals surface area contributed by atoms with Crippen LogP contribution >= 0.6 is 0 Å². The monoisotopic (exact) mass is 221 g/mol. The van der Waals surface area contributed by atoms with E-state index in [1.807, 2.05) is 0 Å². The molecule has 1 aliphatic carbocycles. The van der Waals surface area contributed by atoms with Crippen molar-refractivity contribution in [1.29, 1.82) is 0 Å². The molecule has 16 heavy (non-hydrogen) atoms. The number of anilines is 1. The second kappa shape index (κ2) is 4.89. The fourth-order valence-corrected chi connectivity index (χ4v) is 2.78. The van der Waals surface area contributed by atoms with Gasteiger partial charge in [0.1, 0.15) is 11.6 Å². The van der Waals surface area contributed by atoms with E-state index in [9.17, 15) is 0 Å². The van der Waals surface area contributed by atoms with Gasteiger partial charge in [0.05, 0.1) is 5.69 Å². The maximum atomic E-state index is 6.25. The fraction of sp³-hybridized carbons (Fsp3) is 0.769. The number of aryl methyl sites for hydroxylation is 1. The molecular formula is C13H23N3. The standard InChI is InChI=1S/C13H23N3/c1-3-9-16-11(4-2)15-12(13(16)14)10-7-5-6-8-10/h10H,3-9,14H2,1-2H3. The number of nitrogens with two attached hydrogens (primary N) is 1. The van der Waals surface area contributed by atoms with Crippen molar-refractivity contribution in [2.45, 2.75) is 64.8 Å². The van der Waals surface area contributed by atoms with Gasteiger partial charge in [0.25, 0.3) is 0 Å². The van der Waals surface area contributed by atoms with Crippen LogP contribution in [0.2, 0.25) is 0 Å². The van der Waals surface area contributed by atoms with E-state index < -0.39 is 0 Å². The van der Waals surface area contributed by atoms with Crippen LogP contribution in [0.4, 0.5) is 5.82 Å². The first kappa shape index (κ1) is 11.5. The summed E-state index contributed by atoms with van der Waals surface area (Å²) < 4.78 is 2.22. The maximum absolute atomic E-state index is 6.25. The van der Waals surface area contributed by atoms with Gasteiger partial charge < -0.3 is 10.3 Å². The van der Waals surface area contributed by atoms with E-state index in [4.69, 9.17) is 10.7 Å². The summed E-state index contributed by atoms with van der Waals surface area (Å²) >= 11 is 0. The lowest BCUT2D eigenvalue weighted by Gasteiger charge is -2.09. The smallest absolute Gasteiger partial charge is 0.127 e. The van der Waals surface area contributed by atoms with Crippen molar-refractivity contribution < 1.29 is 0 Å². The minimum absolute atomic E-state index is 0.628. The molecule has 1 fully saturated rings. The van der Waals surface area contributed by atoms with Crippen molar-refractivity contribution in [2.24, 2.45) is 0 Å². The molecule has 3 nitrogen and oxygen atoms in total. The lowest BCUT2D eigenvalue weighted by Crippen LogP contribution is -2.07. The van der Waals surface area contributed by atoms with Gasteiger partial charge in [0, 0.05) is 18.9 Å². The molecule has 1 aromatic heterocycles. The van der Waals surface area contributed by atoms with Crippen molar-refractivity contribution in [3.63, 3.8) is 0 Å². The Hall–Kier alpha value is -0.990. The zero-order valence-electron chi connectivity index (χ0n) is 10.5. The number of nitrogens with zero attached hydrogens (tertiary/aromatic N) is 2. The number of hydrogen-bond acceptors (Lipinski definition) is 2. The minimum Gasteiger partial charge on any atom is -0.384 e. The topological polar surface area (TPSA) is 43.8 Å². The van der Waals surface area contributed by atoms with Gasteiger partial charge in [-0.1, -0.05) is 26.7 Å².